The third kappa shape index (κ3) is 92.9. The molecule has 2 aromatic heterocycles. The van der Waals surface area contributed by atoms with Gasteiger partial charge in [-0.3, -0.25) is 36.4 Å². The number of rotatable bonds is 49. The second kappa shape index (κ2) is 79.8. The highest BCUT2D eigenvalue weighted by Gasteiger charge is 2.28. The molecule has 0 bridgehead atoms. The van der Waals surface area contributed by atoms with E-state index in [2.05, 4.69) is 45.9 Å². The van der Waals surface area contributed by atoms with Crippen molar-refractivity contribution in [3.8, 4) is 0 Å². The van der Waals surface area contributed by atoms with Crippen LogP contribution < -0.4 is 14.4 Å². The third-order valence-electron chi connectivity index (χ3n) is 26.6. The molecule has 13 unspecified atom stereocenters. The highest BCUT2D eigenvalue weighted by atomic mass is 32.3. The molecule has 13 atom stereocenters. The Morgan fingerprint density at radius 1 is 0.293 bits per heavy atom. The normalized spacial score (nSPS) is 21.0. The van der Waals surface area contributed by atoms with Crippen molar-refractivity contribution in [2.24, 2.45) is 71.0 Å². The molecule has 10 rings (SSSR count). The first kappa shape index (κ1) is 147. The number of hydrogen-bond donors (Lipinski definition) is 8. The molecule has 6 saturated carbocycles. The Bertz CT molecular complexity index is 5050. The topological polar surface area (TPSA) is 630 Å². The van der Waals surface area contributed by atoms with E-state index in [0.717, 1.165) is 172 Å². The maximum Gasteiger partial charge on any atom is 0.265 e. The summed E-state index contributed by atoms with van der Waals surface area (Å²) in [6, 6.07) is 23.0. The van der Waals surface area contributed by atoms with E-state index in [0.29, 0.717) is 57.9 Å². The molecule has 0 spiro atoms. The highest BCUT2D eigenvalue weighted by molar-refractivity contribution is 7.88. The van der Waals surface area contributed by atoms with Gasteiger partial charge in [0.15, 0.2) is 24.8 Å². The van der Waals surface area contributed by atoms with Crippen molar-refractivity contribution in [3.63, 3.8) is 0 Å². The van der Waals surface area contributed by atoms with Crippen LogP contribution in [0.25, 0.3) is 0 Å². The molecule has 8 N–H and O–H groups in total. The number of aryl methyl sites for hydroxylation is 4. The van der Waals surface area contributed by atoms with E-state index < -0.39 is 113 Å². The molecule has 0 aliphatic heterocycles. The van der Waals surface area contributed by atoms with Crippen LogP contribution in [0.4, 0.5) is 0 Å². The minimum atomic E-state index is -4.27. The summed E-state index contributed by atoms with van der Waals surface area (Å²) < 4.78 is 322. The molecular formula is C100H182N2O34S11-2. The van der Waals surface area contributed by atoms with Crippen LogP contribution in [0, 0.1) is 84.9 Å². The fraction of sp³-hybridized carbons (Fsp3) is 0.780. The lowest BCUT2D eigenvalue weighted by molar-refractivity contribution is -0.697. The molecule has 0 amide bonds. The first-order valence-corrected chi connectivity index (χ1v) is 68.0. The Morgan fingerprint density at radius 3 is 0.673 bits per heavy atom. The molecule has 2 heterocycles. The van der Waals surface area contributed by atoms with Gasteiger partial charge in [0.05, 0.1) is 67.2 Å². The molecule has 6 aliphatic rings. The molecule has 6 fully saturated rings. The highest BCUT2D eigenvalue weighted by Crippen LogP contribution is 2.40. The molecule has 4 aromatic rings. The summed E-state index contributed by atoms with van der Waals surface area (Å²) >= 11 is -2.88. The van der Waals surface area contributed by atoms with Crippen LogP contribution in [0.2, 0.25) is 0 Å². The van der Waals surface area contributed by atoms with Gasteiger partial charge in [-0.1, -0.05) is 303 Å². The monoisotopic (exact) mass is 2310 g/mol. The maximum atomic E-state index is 10.6. The molecule has 147 heavy (non-hydrogen) atoms. The van der Waals surface area contributed by atoms with E-state index in [1.54, 1.807) is 24.3 Å². The van der Waals surface area contributed by atoms with Gasteiger partial charge in [-0.2, -0.15) is 67.3 Å². The summed E-state index contributed by atoms with van der Waals surface area (Å²) in [5.74, 6) is 9.31. The summed E-state index contributed by atoms with van der Waals surface area (Å²) in [5.41, 5.74) is 1.86. The molecular weight excluding hydrogens is 2130 g/mol. The van der Waals surface area contributed by atoms with Gasteiger partial charge in [-0.05, 0) is 193 Å². The Balaban J connectivity index is -0.00000156. The Labute approximate surface area is 889 Å². The van der Waals surface area contributed by atoms with E-state index in [1.807, 2.05) is 84.2 Å². The van der Waals surface area contributed by atoms with Gasteiger partial charge in [0.2, 0.25) is 0 Å². The maximum absolute atomic E-state index is 10.6. The Morgan fingerprint density at radius 2 is 0.483 bits per heavy atom. The van der Waals surface area contributed by atoms with Gasteiger partial charge >= 0.3 is 0 Å². The lowest BCUT2D eigenvalue weighted by atomic mass is 9.96. The second-order valence-electron chi connectivity index (χ2n) is 40.0. The summed E-state index contributed by atoms with van der Waals surface area (Å²) in [5, 5.41) is 8.52. The number of unbranched alkanes of at least 4 members (excludes halogenated alkanes) is 9. The second-order valence-corrected chi connectivity index (χ2v) is 55.9. The molecule has 864 valence electrons. The van der Waals surface area contributed by atoms with Crippen molar-refractivity contribution in [3.05, 3.63) is 121 Å². The zero-order chi connectivity index (χ0) is 110. The summed E-state index contributed by atoms with van der Waals surface area (Å²) in [6.07, 6.45) is 58.3. The van der Waals surface area contributed by atoms with Crippen molar-refractivity contribution in [1.82, 2.24) is 0 Å². The van der Waals surface area contributed by atoms with Crippen LogP contribution in [-0.2, 0) is 130 Å². The van der Waals surface area contributed by atoms with Crippen LogP contribution in [-0.4, -0.2) is 184 Å². The molecule has 0 radical (unpaired) electrons. The van der Waals surface area contributed by atoms with E-state index >= 15 is 0 Å². The van der Waals surface area contributed by atoms with Crippen LogP contribution >= 0.6 is 0 Å². The van der Waals surface area contributed by atoms with Gasteiger partial charge in [0.25, 0.3) is 80.9 Å². The Hall–Kier alpha value is -4.13. The van der Waals surface area contributed by atoms with E-state index in [1.165, 1.54) is 185 Å². The summed E-state index contributed by atoms with van der Waals surface area (Å²) in [7, 11) is -38.5. The quantitative estimate of drug-likeness (QED) is 0.00508. The SMILES string of the molecule is C.C.CC1CCC(CCCCS(=O)(=O)O)C1.CC1CCC(CCCCS(=O)(=O)O)C1.CC1CCC(CCCCS(=O)(=O)O)C1.CCC1CCC(CCCCS(=O)(=O)O)C1.CCCCC1CCC(CCCCS(=O)(=O)O)C1.CCCCC1CCC(CCCCS(=O)(=O)O)C1.Cc1ccc(S(=O)(=O)[O-])cc1.Cc1ccc(S(=O)(=O)[O-])cc1.O=S(=O)(O)CCCC[n+]1ccccc1.O=S(=O)(O)CCC[n+]1ccccc1.O=S([O-])O[O-]. The van der Waals surface area contributed by atoms with Crippen molar-refractivity contribution in [2.75, 3.05) is 46.0 Å². The predicted octanol–water partition coefficient (Wildman–Crippen LogP) is 19.7. The molecule has 36 nitrogen and oxygen atoms in total. The molecule has 0 saturated heterocycles. The number of nitrogens with zero attached hydrogens (tertiary/aromatic N) is 2. The number of hydrogen-bond acceptors (Lipinski definition) is 26. The standard InChI is InChI=1S/2C13H26O3S.C11H22O3S.3C10H20O3S.C9H13NO3S.C8H11NO3S.2C7H8O3S.2CH4.H2O4S/c2*1-2-3-6-12-8-9-13(11-12)7-4-5-10-17(14,15)16;1-2-10-6-7-11(9-10)5-3-4-8-15(12,13)14;3*1-9-5-6-10(8-9)4-2-3-7-14(11,12)13;11-14(12,13)9-5-4-8-10-6-2-1-3-7-10;10-13(11,12)8-4-7-9-5-2-1-3-6-9;2*1-6-2-4-7(5-3-6)11(8,9)10;;;1-4-5(2)3/h2*12-13H,2-11H2,1H3,(H,14,15,16);10-11H,2-9H2,1H3,(H,12,13,14);3*9-10H,2-8H2,1H3,(H,11,12,13);1-3,6-7H,4-5,8-9H2;1-3,5-6H,4,7-8H2;2*2-5H,1H3,(H,8,9,10);2*1H4;1H,(H,2,3)/p-2. The zero-order valence-electron chi connectivity index (χ0n) is 86.5. The van der Waals surface area contributed by atoms with Crippen molar-refractivity contribution < 1.29 is 157 Å². The van der Waals surface area contributed by atoms with Gasteiger partial charge < -0.3 is 23.2 Å². The molecule has 2 aromatic carbocycles. The van der Waals surface area contributed by atoms with Gasteiger partial charge in [-0.15, -0.1) is 0 Å². The number of aromatic nitrogens is 2. The molecule has 6 aliphatic carbocycles. The predicted molar refractivity (Wildman–Crippen MR) is 575 cm³/mol. The fourth-order valence-electron chi connectivity index (χ4n) is 18.9. The molecule has 47 heteroatoms. The van der Waals surface area contributed by atoms with E-state index in [-0.39, 0.29) is 70.7 Å². The summed E-state index contributed by atoms with van der Waals surface area (Å²) in [4.78, 5) is -0.355. The van der Waals surface area contributed by atoms with E-state index in [9.17, 15) is 93.3 Å². The average molecular weight is 2310 g/mol. The van der Waals surface area contributed by atoms with Crippen LogP contribution in [0.5, 0.6) is 0 Å². The van der Waals surface area contributed by atoms with E-state index in [4.69, 9.17) is 50.4 Å². The number of benzene rings is 2. The lowest BCUT2D eigenvalue weighted by Crippen LogP contribution is -2.33. The smallest absolute Gasteiger partial charge is 0.265 e. The minimum Gasteiger partial charge on any atom is -0.750 e. The van der Waals surface area contributed by atoms with Crippen LogP contribution in [0.3, 0.4) is 0 Å². The lowest BCUT2D eigenvalue weighted by Gasteiger charge is -2.10. The van der Waals surface area contributed by atoms with Gasteiger partial charge in [-0.25, -0.2) is 30.2 Å². The Kier molecular flexibility index (Phi) is 79.8. The third-order valence-corrected chi connectivity index (χ3v) is 34.8. The largest absolute Gasteiger partial charge is 0.750 e. The van der Waals surface area contributed by atoms with Crippen molar-refractivity contribution >= 4 is 113 Å². The van der Waals surface area contributed by atoms with Crippen molar-refractivity contribution in [2.45, 2.75) is 388 Å². The minimum absolute atomic E-state index is 0. The van der Waals surface area contributed by atoms with Gasteiger partial charge in [0, 0.05) is 37.1 Å². The first-order chi connectivity index (χ1) is 67.4. The first-order valence-electron chi connectivity index (χ1n) is 51.3. The fourth-order valence-corrected chi connectivity index (χ4v) is 24.3. The zero-order valence-corrected chi connectivity index (χ0v) is 95.5. The van der Waals surface area contributed by atoms with Crippen LogP contribution in [0.1, 0.15) is 363 Å². The summed E-state index contributed by atoms with van der Waals surface area (Å²) in [6.45, 7) is 18.6. The van der Waals surface area contributed by atoms with Crippen LogP contribution in [0.15, 0.2) is 120 Å². The number of pyridine rings is 2. The van der Waals surface area contributed by atoms with Gasteiger partial charge in [0.1, 0.15) is 33.3 Å². The van der Waals surface area contributed by atoms with Crippen molar-refractivity contribution in [1.29, 1.82) is 0 Å². The average Bonchev–Trinajstić information content (AvgIpc) is 1.80.